The molecule has 41 heavy (non-hydrogen) atoms. The van der Waals surface area contributed by atoms with Crippen molar-refractivity contribution >= 4 is 51.7 Å². The summed E-state index contributed by atoms with van der Waals surface area (Å²) in [7, 11) is 0. The minimum atomic E-state index is -5.08. The van der Waals surface area contributed by atoms with Gasteiger partial charge in [-0.3, -0.25) is 19.9 Å². The Morgan fingerprint density at radius 3 is 2.41 bits per heavy atom. The number of benzene rings is 2. The first kappa shape index (κ1) is 29.0. The van der Waals surface area contributed by atoms with Crippen LogP contribution in [0.25, 0.3) is 10.9 Å². The van der Waals surface area contributed by atoms with Crippen molar-refractivity contribution in [3.05, 3.63) is 87.7 Å². The number of imide groups is 1. The van der Waals surface area contributed by atoms with Crippen LogP contribution in [-0.2, 0) is 16.2 Å². The van der Waals surface area contributed by atoms with Crippen LogP contribution in [0.4, 0.5) is 23.7 Å². The molecule has 4 amide bonds. The predicted molar refractivity (Wildman–Crippen MR) is 143 cm³/mol. The molecule has 1 saturated heterocycles. The van der Waals surface area contributed by atoms with Gasteiger partial charge < -0.3 is 20.5 Å². The van der Waals surface area contributed by atoms with Crippen LogP contribution in [0.5, 0.6) is 5.75 Å². The van der Waals surface area contributed by atoms with E-state index in [1.807, 2.05) is 37.3 Å². The summed E-state index contributed by atoms with van der Waals surface area (Å²) in [6, 6.07) is 17.1. The van der Waals surface area contributed by atoms with Crippen LogP contribution in [-0.4, -0.2) is 40.1 Å². The van der Waals surface area contributed by atoms with Crippen molar-refractivity contribution in [3.63, 3.8) is 0 Å². The number of aromatic nitrogens is 1. The fourth-order valence-corrected chi connectivity index (χ4v) is 4.72. The zero-order chi connectivity index (χ0) is 29.7. The Bertz CT molecular complexity index is 1620. The Labute approximate surface area is 234 Å². The maximum absolute atomic E-state index is 12.8. The maximum Gasteiger partial charge on any atom is 0.490 e. The monoisotopic (exact) mass is 586 g/mol. The number of urea groups is 1. The fourth-order valence-electron chi connectivity index (χ4n) is 3.82. The molecular weight excluding hydrogens is 565 g/mol. The number of fused-ring (bicyclic) bond motifs is 1. The number of para-hydroxylation sites is 1. The molecule has 0 saturated carbocycles. The zero-order valence-corrected chi connectivity index (χ0v) is 21.9. The number of hydrogen-bond acceptors (Lipinski definition) is 7. The zero-order valence-electron chi connectivity index (χ0n) is 21.1. The average Bonchev–Trinajstić information content (AvgIpc) is 3.51. The SMILES string of the molecule is Cc1cc(COc2ccc(C(=O)Nc3ccsc3C3NC(=O)NC3=O)cc2)c2ccccc2n1.O=C(O)C(F)(F)F. The van der Waals surface area contributed by atoms with E-state index in [-0.39, 0.29) is 5.91 Å². The minimum Gasteiger partial charge on any atom is -0.489 e. The van der Waals surface area contributed by atoms with Crippen LogP contribution in [0.2, 0.25) is 0 Å². The van der Waals surface area contributed by atoms with Gasteiger partial charge in [-0.05, 0) is 54.8 Å². The molecule has 2 aromatic heterocycles. The summed E-state index contributed by atoms with van der Waals surface area (Å²) in [6.45, 7) is 2.33. The van der Waals surface area contributed by atoms with Crippen molar-refractivity contribution < 1.29 is 42.2 Å². The summed E-state index contributed by atoms with van der Waals surface area (Å²) in [5, 5.41) is 17.5. The van der Waals surface area contributed by atoms with Crippen LogP contribution >= 0.6 is 11.3 Å². The molecule has 0 radical (unpaired) electrons. The molecule has 5 rings (SSSR count). The summed E-state index contributed by atoms with van der Waals surface area (Å²) >= 11 is 1.28. The summed E-state index contributed by atoms with van der Waals surface area (Å²) in [6.07, 6.45) is -5.08. The molecule has 14 heteroatoms. The standard InChI is InChI=1S/C25H20N4O4S.C2HF3O2/c1-14-12-16(18-4-2-3-5-19(18)26-14)13-33-17-8-6-15(7-9-17)23(30)27-20-10-11-34-22(20)21-24(31)29-25(32)28-21;3-2(4,5)1(6)7/h2-12,21H,13H2,1H3,(H,27,30)(H2,28,29,31,32);(H,6,7). The number of alkyl halides is 3. The first-order valence-electron chi connectivity index (χ1n) is 11.8. The number of ether oxygens (including phenoxy) is 1. The van der Waals surface area contributed by atoms with Gasteiger partial charge in [0.1, 0.15) is 18.4 Å². The molecule has 1 fully saturated rings. The summed E-state index contributed by atoms with van der Waals surface area (Å²) in [4.78, 5) is 50.2. The van der Waals surface area contributed by atoms with Crippen molar-refractivity contribution in [1.29, 1.82) is 0 Å². The Morgan fingerprint density at radius 1 is 1.10 bits per heavy atom. The van der Waals surface area contributed by atoms with Gasteiger partial charge in [0.25, 0.3) is 11.8 Å². The number of pyridine rings is 1. The normalized spacial score (nSPS) is 14.5. The van der Waals surface area contributed by atoms with E-state index in [2.05, 4.69) is 20.9 Å². The molecule has 0 bridgehead atoms. The topological polar surface area (TPSA) is 147 Å². The van der Waals surface area contributed by atoms with Gasteiger partial charge in [-0.25, -0.2) is 9.59 Å². The van der Waals surface area contributed by atoms with Gasteiger partial charge in [0.15, 0.2) is 0 Å². The fraction of sp³-hybridized carbons (Fsp3) is 0.148. The predicted octanol–water partition coefficient (Wildman–Crippen LogP) is 4.95. The number of anilines is 1. The number of thiophene rings is 1. The van der Waals surface area contributed by atoms with Crippen LogP contribution in [0.15, 0.2) is 66.0 Å². The highest BCUT2D eigenvalue weighted by molar-refractivity contribution is 7.10. The summed E-state index contributed by atoms with van der Waals surface area (Å²) < 4.78 is 37.7. The number of nitrogens with one attached hydrogen (secondary N) is 3. The molecule has 0 aliphatic carbocycles. The van der Waals surface area contributed by atoms with Gasteiger partial charge in [0.05, 0.1) is 16.1 Å². The van der Waals surface area contributed by atoms with E-state index in [1.165, 1.54) is 11.3 Å². The van der Waals surface area contributed by atoms with Crippen molar-refractivity contribution in [3.8, 4) is 5.75 Å². The van der Waals surface area contributed by atoms with E-state index in [1.54, 1.807) is 35.7 Å². The Balaban J connectivity index is 0.000000493. The van der Waals surface area contributed by atoms with E-state index in [0.29, 0.717) is 28.5 Å². The quantitative estimate of drug-likeness (QED) is 0.234. The van der Waals surface area contributed by atoms with Gasteiger partial charge in [-0.2, -0.15) is 13.2 Å². The molecule has 1 aliphatic rings. The smallest absolute Gasteiger partial charge is 0.489 e. The van der Waals surface area contributed by atoms with E-state index >= 15 is 0 Å². The van der Waals surface area contributed by atoms with Crippen LogP contribution in [0.1, 0.15) is 32.5 Å². The van der Waals surface area contributed by atoms with Crippen molar-refractivity contribution in [2.24, 2.45) is 0 Å². The van der Waals surface area contributed by atoms with Crippen LogP contribution in [0.3, 0.4) is 0 Å². The third-order valence-corrected chi connectivity index (χ3v) is 6.64. The molecule has 212 valence electrons. The molecule has 1 aliphatic heterocycles. The van der Waals surface area contributed by atoms with E-state index in [4.69, 9.17) is 14.6 Å². The molecule has 1 atom stereocenters. The largest absolute Gasteiger partial charge is 0.490 e. The summed E-state index contributed by atoms with van der Waals surface area (Å²) in [5.74, 6) is -2.89. The number of aliphatic carboxylic acids is 1. The van der Waals surface area contributed by atoms with E-state index in [9.17, 15) is 27.6 Å². The third-order valence-electron chi connectivity index (χ3n) is 5.66. The lowest BCUT2D eigenvalue weighted by Gasteiger charge is -2.12. The highest BCUT2D eigenvalue weighted by Gasteiger charge is 2.38. The highest BCUT2D eigenvalue weighted by Crippen LogP contribution is 2.31. The number of hydrogen-bond donors (Lipinski definition) is 4. The third kappa shape index (κ3) is 7.16. The molecule has 1 unspecified atom stereocenters. The van der Waals surface area contributed by atoms with Crippen molar-refractivity contribution in [2.75, 3.05) is 5.32 Å². The van der Waals surface area contributed by atoms with Crippen molar-refractivity contribution in [2.45, 2.75) is 25.7 Å². The van der Waals surface area contributed by atoms with Gasteiger partial charge in [-0.1, -0.05) is 18.2 Å². The van der Waals surface area contributed by atoms with Gasteiger partial charge in [-0.15, -0.1) is 11.3 Å². The van der Waals surface area contributed by atoms with E-state index in [0.717, 1.165) is 22.2 Å². The van der Waals surface area contributed by atoms with Gasteiger partial charge in [0, 0.05) is 22.2 Å². The second-order valence-corrected chi connectivity index (χ2v) is 9.55. The lowest BCUT2D eigenvalue weighted by atomic mass is 10.1. The molecule has 10 nitrogen and oxygen atoms in total. The van der Waals surface area contributed by atoms with Gasteiger partial charge >= 0.3 is 18.2 Å². The number of carboxylic acid groups (broad SMARTS) is 1. The van der Waals surface area contributed by atoms with Crippen LogP contribution in [0, 0.1) is 6.92 Å². The Morgan fingerprint density at radius 2 is 1.78 bits per heavy atom. The Kier molecular flexibility index (Phi) is 8.52. The summed E-state index contributed by atoms with van der Waals surface area (Å²) in [5.41, 5.74) is 3.81. The van der Waals surface area contributed by atoms with Crippen molar-refractivity contribution in [1.82, 2.24) is 15.6 Å². The lowest BCUT2D eigenvalue weighted by molar-refractivity contribution is -0.192. The number of carbonyl (C=O) groups is 4. The minimum absolute atomic E-state index is 0.327. The van der Waals surface area contributed by atoms with Crippen LogP contribution < -0.4 is 20.7 Å². The number of rotatable bonds is 6. The molecule has 3 heterocycles. The number of nitrogens with zero attached hydrogens (tertiary/aromatic N) is 1. The number of aryl methyl sites for hydroxylation is 1. The molecular formula is C27H21F3N4O6S. The lowest BCUT2D eigenvalue weighted by Crippen LogP contribution is -2.22. The number of carbonyl (C=O) groups excluding carboxylic acids is 3. The Hall–Kier alpha value is -4.98. The molecule has 4 N–H and O–H groups in total. The number of carboxylic acids is 1. The average molecular weight is 587 g/mol. The second kappa shape index (κ2) is 12.0. The van der Waals surface area contributed by atoms with Gasteiger partial charge in [0.2, 0.25) is 0 Å². The molecule has 4 aromatic rings. The number of amides is 4. The number of halogens is 3. The first-order valence-corrected chi connectivity index (χ1v) is 12.7. The highest BCUT2D eigenvalue weighted by atomic mass is 32.1. The maximum atomic E-state index is 12.8. The molecule has 2 aromatic carbocycles. The first-order chi connectivity index (χ1) is 19.4. The second-order valence-electron chi connectivity index (χ2n) is 8.60. The van der Waals surface area contributed by atoms with E-state index < -0.39 is 30.1 Å². The molecule has 0 spiro atoms.